The summed E-state index contributed by atoms with van der Waals surface area (Å²) < 4.78 is 0. The molecule has 150 valence electrons. The van der Waals surface area contributed by atoms with Crippen LogP contribution in [0.15, 0.2) is 59.5 Å². The van der Waals surface area contributed by atoms with Crippen molar-refractivity contribution in [1.82, 2.24) is 10.2 Å². The molecular formula is C23H24N2O3S. The molecule has 2 aromatic carbocycles. The van der Waals surface area contributed by atoms with Gasteiger partial charge in [0, 0.05) is 19.5 Å². The van der Waals surface area contributed by atoms with Gasteiger partial charge in [-0.1, -0.05) is 67.1 Å². The molecule has 1 saturated heterocycles. The van der Waals surface area contributed by atoms with E-state index in [2.05, 4.69) is 5.32 Å². The molecule has 6 heteroatoms. The summed E-state index contributed by atoms with van der Waals surface area (Å²) in [5.74, 6) is -0.304. The van der Waals surface area contributed by atoms with Crippen molar-refractivity contribution in [3.8, 4) is 0 Å². The van der Waals surface area contributed by atoms with Crippen LogP contribution in [0.25, 0.3) is 6.08 Å². The van der Waals surface area contributed by atoms with Gasteiger partial charge in [0.15, 0.2) is 0 Å². The van der Waals surface area contributed by atoms with Crippen molar-refractivity contribution in [2.75, 3.05) is 13.1 Å². The Kier molecular flexibility index (Phi) is 6.88. The molecule has 0 spiro atoms. The Hall–Kier alpha value is -2.86. The summed E-state index contributed by atoms with van der Waals surface area (Å²) in [5, 5.41) is 2.50. The van der Waals surface area contributed by atoms with E-state index in [0.29, 0.717) is 11.3 Å². The minimum Gasteiger partial charge on any atom is -0.354 e. The lowest BCUT2D eigenvalue weighted by Crippen LogP contribution is -2.37. The van der Waals surface area contributed by atoms with Crippen LogP contribution >= 0.6 is 11.8 Å². The van der Waals surface area contributed by atoms with Crippen LogP contribution in [0.2, 0.25) is 0 Å². The molecule has 0 bridgehead atoms. The first-order valence-corrected chi connectivity index (χ1v) is 10.4. The molecule has 1 aliphatic heterocycles. The Morgan fingerprint density at radius 3 is 2.48 bits per heavy atom. The first-order chi connectivity index (χ1) is 13.9. The van der Waals surface area contributed by atoms with E-state index in [1.54, 1.807) is 6.08 Å². The summed E-state index contributed by atoms with van der Waals surface area (Å²) in [6.07, 6.45) is 2.09. The smallest absolute Gasteiger partial charge is 0.293 e. The molecule has 1 aliphatic rings. The van der Waals surface area contributed by atoms with Crippen molar-refractivity contribution in [2.45, 2.75) is 26.2 Å². The Balaban J connectivity index is 1.50. The third-order valence-electron chi connectivity index (χ3n) is 4.77. The largest absolute Gasteiger partial charge is 0.354 e. The second-order valence-electron chi connectivity index (χ2n) is 7.11. The van der Waals surface area contributed by atoms with Gasteiger partial charge in [0.25, 0.3) is 11.1 Å². The van der Waals surface area contributed by atoms with Crippen molar-refractivity contribution in [1.29, 1.82) is 0 Å². The number of amides is 3. The molecule has 0 aliphatic carbocycles. The number of nitrogens with zero attached hydrogens (tertiary/aromatic N) is 1. The highest BCUT2D eigenvalue weighted by Crippen LogP contribution is 2.31. The van der Waals surface area contributed by atoms with E-state index in [1.165, 1.54) is 4.90 Å². The minimum absolute atomic E-state index is 0.0940. The third kappa shape index (κ3) is 5.57. The van der Waals surface area contributed by atoms with Crippen molar-refractivity contribution in [3.63, 3.8) is 0 Å². The van der Waals surface area contributed by atoms with Crippen LogP contribution in [0, 0.1) is 6.92 Å². The van der Waals surface area contributed by atoms with E-state index in [-0.39, 0.29) is 36.1 Å². The summed E-state index contributed by atoms with van der Waals surface area (Å²) in [6, 6.07) is 17.6. The van der Waals surface area contributed by atoms with Crippen molar-refractivity contribution in [2.24, 2.45) is 0 Å². The van der Waals surface area contributed by atoms with Gasteiger partial charge in [0.05, 0.1) is 4.91 Å². The normalized spacial score (nSPS) is 16.3. The highest BCUT2D eigenvalue weighted by Gasteiger charge is 2.34. The van der Waals surface area contributed by atoms with Crippen LogP contribution in [0.5, 0.6) is 0 Å². The molecule has 3 rings (SSSR count). The van der Waals surface area contributed by atoms with Gasteiger partial charge in [-0.25, -0.2) is 0 Å². The van der Waals surface area contributed by atoms with Gasteiger partial charge in [-0.2, -0.15) is 0 Å². The molecule has 29 heavy (non-hydrogen) atoms. The highest BCUT2D eigenvalue weighted by molar-refractivity contribution is 8.18. The van der Waals surface area contributed by atoms with E-state index in [1.807, 2.05) is 68.4 Å². The molecule has 0 saturated carbocycles. The molecular weight excluding hydrogens is 384 g/mol. The maximum atomic E-state index is 12.5. The number of carbonyl (C=O) groups is 3. The van der Waals surface area contributed by atoms with Crippen LogP contribution in [-0.4, -0.2) is 35.0 Å². The molecule has 5 nitrogen and oxygen atoms in total. The van der Waals surface area contributed by atoms with Gasteiger partial charge in [-0.3, -0.25) is 19.3 Å². The fourth-order valence-electron chi connectivity index (χ4n) is 3.06. The third-order valence-corrected chi connectivity index (χ3v) is 5.67. The average molecular weight is 409 g/mol. The first-order valence-electron chi connectivity index (χ1n) is 9.57. The zero-order valence-electron chi connectivity index (χ0n) is 16.6. The van der Waals surface area contributed by atoms with E-state index in [4.69, 9.17) is 0 Å². The monoisotopic (exact) mass is 408 g/mol. The second kappa shape index (κ2) is 9.56. The number of imide groups is 1. The predicted octanol–water partition coefficient (Wildman–Crippen LogP) is 4.34. The van der Waals surface area contributed by atoms with Crippen molar-refractivity contribution in [3.05, 3.63) is 76.2 Å². The summed E-state index contributed by atoms with van der Waals surface area (Å²) in [4.78, 5) is 38.5. The zero-order chi connectivity index (χ0) is 20.8. The lowest BCUT2D eigenvalue weighted by atomic mass is 9.98. The number of thioether (sulfide) groups is 1. The van der Waals surface area contributed by atoms with Gasteiger partial charge in [-0.15, -0.1) is 0 Å². The minimum atomic E-state index is -0.313. The van der Waals surface area contributed by atoms with Crippen molar-refractivity contribution < 1.29 is 14.4 Å². The Morgan fingerprint density at radius 2 is 1.79 bits per heavy atom. The average Bonchev–Trinajstić information content (AvgIpc) is 2.97. The van der Waals surface area contributed by atoms with Crippen LogP contribution in [-0.2, 0) is 9.59 Å². The molecule has 3 amide bonds. The van der Waals surface area contributed by atoms with Gasteiger partial charge in [0.2, 0.25) is 5.91 Å². The Labute approximate surface area is 175 Å². The molecule has 2 aromatic rings. The fraction of sp³-hybridized carbons (Fsp3) is 0.261. The van der Waals surface area contributed by atoms with E-state index in [0.717, 1.165) is 28.5 Å². The number of hydrogen-bond acceptors (Lipinski definition) is 4. The quantitative estimate of drug-likeness (QED) is 0.692. The zero-order valence-corrected chi connectivity index (χ0v) is 17.4. The van der Waals surface area contributed by atoms with E-state index < -0.39 is 0 Å². The van der Waals surface area contributed by atoms with Gasteiger partial charge in [-0.05, 0) is 41.8 Å². The summed E-state index contributed by atoms with van der Waals surface area (Å²) in [6.45, 7) is 4.41. The summed E-state index contributed by atoms with van der Waals surface area (Å²) in [7, 11) is 0. The number of aryl methyl sites for hydroxylation is 1. The molecule has 1 fully saturated rings. The topological polar surface area (TPSA) is 66.5 Å². The summed E-state index contributed by atoms with van der Waals surface area (Å²) >= 11 is 0.933. The fourth-order valence-corrected chi connectivity index (χ4v) is 3.93. The van der Waals surface area contributed by atoms with Gasteiger partial charge >= 0.3 is 0 Å². The molecule has 0 aromatic heterocycles. The van der Waals surface area contributed by atoms with Gasteiger partial charge < -0.3 is 5.32 Å². The molecule has 0 radical (unpaired) electrons. The van der Waals surface area contributed by atoms with Crippen LogP contribution in [0.3, 0.4) is 0 Å². The SMILES string of the molecule is Cc1ccc(/C=C2\SC(=O)N(CCNC(=O)C[C@H](C)c3ccccc3)C2=O)cc1. The number of carbonyl (C=O) groups excluding carboxylic acids is 3. The lowest BCUT2D eigenvalue weighted by molar-refractivity contribution is -0.124. The number of rotatable bonds is 7. The van der Waals surface area contributed by atoms with E-state index >= 15 is 0 Å². The number of hydrogen-bond donors (Lipinski definition) is 1. The van der Waals surface area contributed by atoms with Crippen LogP contribution in [0.1, 0.15) is 36.0 Å². The molecule has 0 unspecified atom stereocenters. The maximum Gasteiger partial charge on any atom is 0.293 e. The number of benzene rings is 2. The molecule has 1 atom stereocenters. The summed E-state index contributed by atoms with van der Waals surface area (Å²) in [5.41, 5.74) is 3.12. The maximum absolute atomic E-state index is 12.5. The van der Waals surface area contributed by atoms with Crippen LogP contribution in [0.4, 0.5) is 4.79 Å². The first kappa shape index (κ1) is 20.9. The molecule has 1 N–H and O–H groups in total. The highest BCUT2D eigenvalue weighted by atomic mass is 32.2. The Morgan fingerprint density at radius 1 is 1.10 bits per heavy atom. The van der Waals surface area contributed by atoms with Crippen LogP contribution < -0.4 is 5.32 Å². The standard InChI is InChI=1S/C23H24N2O3S/c1-16-8-10-18(11-9-16)15-20-22(27)25(23(28)29-20)13-12-24-21(26)14-17(2)19-6-4-3-5-7-19/h3-11,15,17H,12-14H2,1-2H3,(H,24,26)/b20-15-/t17-/m0/s1. The van der Waals surface area contributed by atoms with Gasteiger partial charge in [0.1, 0.15) is 0 Å². The lowest BCUT2D eigenvalue weighted by Gasteiger charge is -2.15. The second-order valence-corrected chi connectivity index (χ2v) is 8.10. The molecule has 1 heterocycles. The predicted molar refractivity (Wildman–Crippen MR) is 116 cm³/mol. The Bertz CT molecular complexity index is 923. The number of nitrogens with one attached hydrogen (secondary N) is 1. The van der Waals surface area contributed by atoms with E-state index in [9.17, 15) is 14.4 Å². The van der Waals surface area contributed by atoms with Crippen molar-refractivity contribution >= 4 is 34.9 Å².